The third-order valence-corrected chi connectivity index (χ3v) is 4.28. The van der Waals surface area contributed by atoms with Gasteiger partial charge in [0.1, 0.15) is 5.82 Å². The Morgan fingerprint density at radius 3 is 3.00 bits per heavy atom. The van der Waals surface area contributed by atoms with Gasteiger partial charge in [0, 0.05) is 23.9 Å². The second kappa shape index (κ2) is 5.52. The molecule has 4 heteroatoms. The SMILES string of the molecule is CN(Cc1ccc(C#N)cc1F)C1CCSC1. The zero-order chi connectivity index (χ0) is 12.3. The van der Waals surface area contributed by atoms with Gasteiger partial charge >= 0.3 is 0 Å². The van der Waals surface area contributed by atoms with Crippen molar-refractivity contribution < 1.29 is 4.39 Å². The van der Waals surface area contributed by atoms with E-state index in [0.717, 1.165) is 5.75 Å². The van der Waals surface area contributed by atoms with Gasteiger partial charge in [-0.3, -0.25) is 4.90 Å². The van der Waals surface area contributed by atoms with E-state index in [1.54, 1.807) is 12.1 Å². The lowest BCUT2D eigenvalue weighted by Gasteiger charge is -2.23. The van der Waals surface area contributed by atoms with Crippen molar-refractivity contribution in [2.75, 3.05) is 18.6 Å². The van der Waals surface area contributed by atoms with Crippen molar-refractivity contribution >= 4 is 11.8 Å². The summed E-state index contributed by atoms with van der Waals surface area (Å²) in [7, 11) is 2.04. The Hall–Kier alpha value is -1.05. The van der Waals surface area contributed by atoms with Gasteiger partial charge in [-0.1, -0.05) is 6.07 Å². The molecule has 0 saturated carbocycles. The van der Waals surface area contributed by atoms with Crippen molar-refractivity contribution in [3.8, 4) is 6.07 Å². The molecule has 17 heavy (non-hydrogen) atoms. The minimum atomic E-state index is -0.276. The molecular weight excluding hydrogens is 235 g/mol. The maximum atomic E-state index is 13.7. The summed E-state index contributed by atoms with van der Waals surface area (Å²) >= 11 is 1.95. The minimum absolute atomic E-state index is 0.276. The van der Waals surface area contributed by atoms with Crippen LogP contribution >= 0.6 is 11.8 Å². The average Bonchev–Trinajstić information content (AvgIpc) is 2.85. The molecule has 1 aliphatic heterocycles. The van der Waals surface area contributed by atoms with Gasteiger partial charge in [0.25, 0.3) is 0 Å². The highest BCUT2D eigenvalue weighted by Gasteiger charge is 2.20. The van der Waals surface area contributed by atoms with Crippen LogP contribution in [0.5, 0.6) is 0 Å². The van der Waals surface area contributed by atoms with Crippen molar-refractivity contribution in [2.24, 2.45) is 0 Å². The average molecular weight is 250 g/mol. The first-order valence-corrected chi connectivity index (χ1v) is 6.82. The van der Waals surface area contributed by atoms with Gasteiger partial charge in [0.2, 0.25) is 0 Å². The lowest BCUT2D eigenvalue weighted by Crippen LogP contribution is -2.31. The number of thioether (sulfide) groups is 1. The first-order chi connectivity index (χ1) is 8.20. The minimum Gasteiger partial charge on any atom is -0.298 e. The van der Waals surface area contributed by atoms with Crippen LogP contribution in [0.3, 0.4) is 0 Å². The first kappa shape index (κ1) is 12.4. The molecule has 1 aliphatic rings. The van der Waals surface area contributed by atoms with Crippen molar-refractivity contribution in [3.63, 3.8) is 0 Å². The van der Waals surface area contributed by atoms with Crippen LogP contribution in [0.1, 0.15) is 17.5 Å². The molecular formula is C13H15FN2S. The third-order valence-electron chi connectivity index (χ3n) is 3.13. The van der Waals surface area contributed by atoms with E-state index in [-0.39, 0.29) is 5.82 Å². The van der Waals surface area contributed by atoms with Gasteiger partial charge in [0.15, 0.2) is 0 Å². The van der Waals surface area contributed by atoms with Gasteiger partial charge in [0.05, 0.1) is 11.6 Å². The Morgan fingerprint density at radius 1 is 1.59 bits per heavy atom. The fraction of sp³-hybridized carbons (Fsp3) is 0.462. The Labute approximate surface area is 105 Å². The van der Waals surface area contributed by atoms with Crippen molar-refractivity contribution in [3.05, 3.63) is 35.1 Å². The van der Waals surface area contributed by atoms with E-state index < -0.39 is 0 Å². The zero-order valence-electron chi connectivity index (χ0n) is 9.82. The molecule has 0 aliphatic carbocycles. The Morgan fingerprint density at radius 2 is 2.41 bits per heavy atom. The van der Waals surface area contributed by atoms with E-state index in [0.29, 0.717) is 23.7 Å². The molecule has 1 aromatic carbocycles. The smallest absolute Gasteiger partial charge is 0.129 e. The zero-order valence-corrected chi connectivity index (χ0v) is 10.6. The Bertz CT molecular complexity index is 436. The van der Waals surface area contributed by atoms with Gasteiger partial charge in [-0.2, -0.15) is 17.0 Å². The number of nitriles is 1. The molecule has 1 atom stereocenters. The molecule has 2 rings (SSSR count). The predicted octanol–water partition coefficient (Wildman–Crippen LogP) is 2.63. The van der Waals surface area contributed by atoms with E-state index in [1.807, 2.05) is 24.9 Å². The number of nitrogens with zero attached hydrogens (tertiary/aromatic N) is 2. The summed E-state index contributed by atoms with van der Waals surface area (Å²) in [6, 6.07) is 7.20. The highest BCUT2D eigenvalue weighted by Crippen LogP contribution is 2.23. The van der Waals surface area contributed by atoms with E-state index in [2.05, 4.69) is 4.90 Å². The van der Waals surface area contributed by atoms with E-state index in [1.165, 1.54) is 18.2 Å². The third kappa shape index (κ3) is 2.99. The summed E-state index contributed by atoms with van der Waals surface area (Å²) in [6.45, 7) is 0.614. The highest BCUT2D eigenvalue weighted by molar-refractivity contribution is 7.99. The fourth-order valence-corrected chi connectivity index (χ4v) is 3.31. The summed E-state index contributed by atoms with van der Waals surface area (Å²) in [5, 5.41) is 8.68. The summed E-state index contributed by atoms with van der Waals surface area (Å²) in [5.41, 5.74) is 1.05. The normalized spacial score (nSPS) is 19.5. The van der Waals surface area contributed by atoms with Gasteiger partial charge in [-0.05, 0) is 31.4 Å². The monoisotopic (exact) mass is 250 g/mol. The summed E-state index contributed by atoms with van der Waals surface area (Å²) in [4.78, 5) is 2.20. The van der Waals surface area contributed by atoms with Crippen LogP contribution in [0.25, 0.3) is 0 Å². The standard InChI is InChI=1S/C13H15FN2S/c1-16(12-4-5-17-9-12)8-11-3-2-10(7-15)6-13(11)14/h2-3,6,12H,4-5,8-9H2,1H3. The molecule has 2 nitrogen and oxygen atoms in total. The summed E-state index contributed by atoms with van der Waals surface area (Å²) in [6.07, 6.45) is 1.18. The molecule has 1 aromatic rings. The number of hydrogen-bond acceptors (Lipinski definition) is 3. The van der Waals surface area contributed by atoms with Crippen LogP contribution < -0.4 is 0 Å². The molecule has 1 unspecified atom stereocenters. The van der Waals surface area contributed by atoms with Crippen molar-refractivity contribution in [1.82, 2.24) is 4.90 Å². The van der Waals surface area contributed by atoms with Gasteiger partial charge in [-0.15, -0.1) is 0 Å². The van der Waals surface area contributed by atoms with E-state index >= 15 is 0 Å². The van der Waals surface area contributed by atoms with E-state index in [4.69, 9.17) is 5.26 Å². The molecule has 1 fully saturated rings. The lowest BCUT2D eigenvalue weighted by molar-refractivity contribution is 0.251. The lowest BCUT2D eigenvalue weighted by atomic mass is 10.1. The maximum absolute atomic E-state index is 13.7. The maximum Gasteiger partial charge on any atom is 0.129 e. The van der Waals surface area contributed by atoms with E-state index in [9.17, 15) is 4.39 Å². The summed E-state index contributed by atoms with van der Waals surface area (Å²) < 4.78 is 13.7. The second-order valence-electron chi connectivity index (χ2n) is 4.35. The van der Waals surface area contributed by atoms with Crippen LogP contribution in [0.2, 0.25) is 0 Å². The first-order valence-electron chi connectivity index (χ1n) is 5.67. The molecule has 0 N–H and O–H groups in total. The fourth-order valence-electron chi connectivity index (χ4n) is 2.01. The van der Waals surface area contributed by atoms with Crippen LogP contribution in [0, 0.1) is 17.1 Å². The summed E-state index contributed by atoms with van der Waals surface area (Å²) in [5.74, 6) is 2.06. The molecule has 0 aromatic heterocycles. The molecule has 0 spiro atoms. The number of rotatable bonds is 3. The number of benzene rings is 1. The largest absolute Gasteiger partial charge is 0.298 e. The number of halogens is 1. The molecule has 90 valence electrons. The molecule has 1 heterocycles. The molecule has 0 amide bonds. The molecule has 0 radical (unpaired) electrons. The molecule has 1 saturated heterocycles. The second-order valence-corrected chi connectivity index (χ2v) is 5.50. The van der Waals surface area contributed by atoms with Crippen LogP contribution in [0.4, 0.5) is 4.39 Å². The number of hydrogen-bond donors (Lipinski definition) is 0. The van der Waals surface area contributed by atoms with Crippen LogP contribution in [0.15, 0.2) is 18.2 Å². The van der Waals surface area contributed by atoms with Crippen molar-refractivity contribution in [2.45, 2.75) is 19.0 Å². The molecule has 0 bridgehead atoms. The van der Waals surface area contributed by atoms with Crippen LogP contribution in [-0.2, 0) is 6.54 Å². The van der Waals surface area contributed by atoms with Gasteiger partial charge < -0.3 is 0 Å². The highest BCUT2D eigenvalue weighted by atomic mass is 32.2. The predicted molar refractivity (Wildman–Crippen MR) is 68.3 cm³/mol. The van der Waals surface area contributed by atoms with Gasteiger partial charge in [-0.25, -0.2) is 4.39 Å². The Balaban J connectivity index is 2.05. The quantitative estimate of drug-likeness (QED) is 0.825. The Kier molecular flexibility index (Phi) is 4.03. The van der Waals surface area contributed by atoms with Crippen LogP contribution in [-0.4, -0.2) is 29.5 Å². The van der Waals surface area contributed by atoms with Crippen molar-refractivity contribution in [1.29, 1.82) is 5.26 Å². The topological polar surface area (TPSA) is 27.0 Å².